The van der Waals surface area contributed by atoms with Crippen LogP contribution in [0.2, 0.25) is 0 Å². The Hall–Kier alpha value is -2.34. The van der Waals surface area contributed by atoms with Crippen molar-refractivity contribution in [1.29, 1.82) is 0 Å². The molecule has 3 rings (SSSR count). The average molecular weight is 301 g/mol. The Morgan fingerprint density at radius 2 is 2.00 bits per heavy atom. The SMILES string of the molecule is Nc1ccsc1C(=O)Nc1ccc(N2CCCC2=O)cc1. The minimum atomic E-state index is -0.215. The largest absolute Gasteiger partial charge is 0.397 e. The second kappa shape index (κ2) is 5.57. The molecule has 0 atom stereocenters. The molecule has 0 unspecified atom stereocenters. The Labute approximate surface area is 126 Å². The first kappa shape index (κ1) is 13.6. The monoisotopic (exact) mass is 301 g/mol. The summed E-state index contributed by atoms with van der Waals surface area (Å²) in [6, 6.07) is 8.99. The van der Waals surface area contributed by atoms with E-state index in [0.717, 1.165) is 18.7 Å². The maximum Gasteiger partial charge on any atom is 0.267 e. The van der Waals surface area contributed by atoms with E-state index in [2.05, 4.69) is 5.32 Å². The lowest BCUT2D eigenvalue weighted by molar-refractivity contribution is -0.117. The first-order chi connectivity index (χ1) is 10.1. The number of rotatable bonds is 3. The lowest BCUT2D eigenvalue weighted by Gasteiger charge is -2.16. The van der Waals surface area contributed by atoms with Crippen LogP contribution in [-0.4, -0.2) is 18.4 Å². The molecule has 0 aliphatic carbocycles. The average Bonchev–Trinajstić information content (AvgIpc) is 3.08. The molecule has 0 radical (unpaired) electrons. The fourth-order valence-corrected chi connectivity index (χ4v) is 3.05. The van der Waals surface area contributed by atoms with E-state index in [-0.39, 0.29) is 11.8 Å². The minimum absolute atomic E-state index is 0.151. The molecule has 21 heavy (non-hydrogen) atoms. The van der Waals surface area contributed by atoms with Gasteiger partial charge < -0.3 is 16.0 Å². The zero-order chi connectivity index (χ0) is 14.8. The minimum Gasteiger partial charge on any atom is -0.397 e. The molecule has 0 bridgehead atoms. The van der Waals surface area contributed by atoms with Crippen LogP contribution >= 0.6 is 11.3 Å². The van der Waals surface area contributed by atoms with E-state index in [4.69, 9.17) is 5.73 Å². The van der Waals surface area contributed by atoms with Gasteiger partial charge in [-0.3, -0.25) is 9.59 Å². The van der Waals surface area contributed by atoms with Gasteiger partial charge in [-0.25, -0.2) is 0 Å². The zero-order valence-corrected chi connectivity index (χ0v) is 12.2. The highest BCUT2D eigenvalue weighted by atomic mass is 32.1. The number of carbonyl (C=O) groups is 2. The van der Waals surface area contributed by atoms with Gasteiger partial charge in [-0.2, -0.15) is 0 Å². The van der Waals surface area contributed by atoms with Gasteiger partial charge in [0.2, 0.25) is 5.91 Å². The highest BCUT2D eigenvalue weighted by Crippen LogP contribution is 2.24. The van der Waals surface area contributed by atoms with Crippen molar-refractivity contribution in [2.24, 2.45) is 0 Å². The second-order valence-electron chi connectivity index (χ2n) is 4.85. The third-order valence-corrected chi connectivity index (χ3v) is 4.34. The van der Waals surface area contributed by atoms with Gasteiger partial charge in [0.1, 0.15) is 4.88 Å². The quantitative estimate of drug-likeness (QED) is 0.915. The van der Waals surface area contributed by atoms with Gasteiger partial charge in [0.15, 0.2) is 0 Å². The number of nitrogen functional groups attached to an aromatic ring is 1. The van der Waals surface area contributed by atoms with Crippen molar-refractivity contribution >= 4 is 40.2 Å². The zero-order valence-electron chi connectivity index (χ0n) is 11.3. The van der Waals surface area contributed by atoms with Crippen LogP contribution in [0.1, 0.15) is 22.5 Å². The number of nitrogens with two attached hydrogens (primary N) is 1. The summed E-state index contributed by atoms with van der Waals surface area (Å²) >= 11 is 1.31. The molecular formula is C15H15N3O2S. The van der Waals surface area contributed by atoms with Crippen LogP contribution in [0.3, 0.4) is 0 Å². The molecule has 0 spiro atoms. The summed E-state index contributed by atoms with van der Waals surface area (Å²) in [5, 5.41) is 4.59. The molecule has 6 heteroatoms. The van der Waals surface area contributed by atoms with Crippen LogP contribution in [0, 0.1) is 0 Å². The summed E-state index contributed by atoms with van der Waals surface area (Å²) in [5.74, 6) is -0.0642. The van der Waals surface area contributed by atoms with Crippen LogP contribution in [0.5, 0.6) is 0 Å². The molecule has 2 heterocycles. The number of hydrogen-bond acceptors (Lipinski definition) is 4. The van der Waals surface area contributed by atoms with Crippen LogP contribution < -0.4 is 16.0 Å². The van der Waals surface area contributed by atoms with Gasteiger partial charge in [0.05, 0.1) is 5.69 Å². The number of thiophene rings is 1. The Morgan fingerprint density at radius 3 is 2.57 bits per heavy atom. The fraction of sp³-hybridized carbons (Fsp3) is 0.200. The summed E-state index contributed by atoms with van der Waals surface area (Å²) in [5.41, 5.74) is 7.76. The van der Waals surface area contributed by atoms with E-state index in [0.29, 0.717) is 22.7 Å². The van der Waals surface area contributed by atoms with Gasteiger partial charge in [0.25, 0.3) is 5.91 Å². The van der Waals surface area contributed by atoms with Crippen molar-refractivity contribution in [3.8, 4) is 0 Å². The maximum absolute atomic E-state index is 12.0. The number of anilines is 3. The number of hydrogen-bond donors (Lipinski definition) is 2. The molecule has 0 saturated carbocycles. The topological polar surface area (TPSA) is 75.4 Å². The Kier molecular flexibility index (Phi) is 3.62. The van der Waals surface area contributed by atoms with E-state index in [1.165, 1.54) is 11.3 Å². The predicted octanol–water partition coefficient (Wildman–Crippen LogP) is 2.71. The fourth-order valence-electron chi connectivity index (χ4n) is 2.34. The molecular weight excluding hydrogens is 286 g/mol. The van der Waals surface area contributed by atoms with Gasteiger partial charge in [-0.15, -0.1) is 11.3 Å². The molecule has 2 aromatic rings. The first-order valence-corrected chi connectivity index (χ1v) is 7.58. The van der Waals surface area contributed by atoms with E-state index < -0.39 is 0 Å². The van der Waals surface area contributed by atoms with Crippen LogP contribution in [0.15, 0.2) is 35.7 Å². The van der Waals surface area contributed by atoms with Gasteiger partial charge in [-0.05, 0) is 42.1 Å². The van der Waals surface area contributed by atoms with Crippen LogP contribution in [0.4, 0.5) is 17.1 Å². The van der Waals surface area contributed by atoms with Crippen LogP contribution in [0.25, 0.3) is 0 Å². The molecule has 5 nitrogen and oxygen atoms in total. The molecule has 1 saturated heterocycles. The van der Waals surface area contributed by atoms with E-state index in [9.17, 15) is 9.59 Å². The maximum atomic E-state index is 12.0. The molecule has 108 valence electrons. The normalized spacial score (nSPS) is 14.5. The molecule has 1 aromatic carbocycles. The number of nitrogens with one attached hydrogen (secondary N) is 1. The number of benzene rings is 1. The first-order valence-electron chi connectivity index (χ1n) is 6.70. The molecule has 1 aliphatic rings. The summed E-state index contributed by atoms with van der Waals surface area (Å²) < 4.78 is 0. The molecule has 3 N–H and O–H groups in total. The Morgan fingerprint density at radius 1 is 1.24 bits per heavy atom. The number of amides is 2. The van der Waals surface area contributed by atoms with E-state index in [1.54, 1.807) is 28.5 Å². The standard InChI is InChI=1S/C15H15N3O2S/c16-12-7-9-21-14(12)15(20)17-10-3-5-11(6-4-10)18-8-1-2-13(18)19/h3-7,9H,1-2,8,16H2,(H,17,20). The van der Waals surface area contributed by atoms with Crippen molar-refractivity contribution in [3.05, 3.63) is 40.6 Å². The highest BCUT2D eigenvalue weighted by molar-refractivity contribution is 7.12. The smallest absolute Gasteiger partial charge is 0.267 e. The molecule has 1 aliphatic heterocycles. The van der Waals surface area contributed by atoms with Gasteiger partial charge in [0, 0.05) is 24.3 Å². The van der Waals surface area contributed by atoms with Crippen molar-refractivity contribution in [3.63, 3.8) is 0 Å². The number of nitrogens with zero attached hydrogens (tertiary/aromatic N) is 1. The lowest BCUT2D eigenvalue weighted by atomic mass is 10.2. The molecule has 1 aromatic heterocycles. The van der Waals surface area contributed by atoms with Crippen molar-refractivity contribution in [2.75, 3.05) is 22.5 Å². The molecule has 2 amide bonds. The van der Waals surface area contributed by atoms with Crippen molar-refractivity contribution in [1.82, 2.24) is 0 Å². The Balaban J connectivity index is 1.71. The predicted molar refractivity (Wildman–Crippen MR) is 84.7 cm³/mol. The Bertz CT molecular complexity index is 678. The summed E-state index contributed by atoms with van der Waals surface area (Å²) in [7, 11) is 0. The van der Waals surface area contributed by atoms with Crippen LogP contribution in [-0.2, 0) is 4.79 Å². The third kappa shape index (κ3) is 2.75. The second-order valence-corrected chi connectivity index (χ2v) is 5.77. The van der Waals surface area contributed by atoms with Gasteiger partial charge in [-0.1, -0.05) is 0 Å². The van der Waals surface area contributed by atoms with Gasteiger partial charge >= 0.3 is 0 Å². The third-order valence-electron chi connectivity index (χ3n) is 3.41. The summed E-state index contributed by atoms with van der Waals surface area (Å²) in [4.78, 5) is 26.0. The highest BCUT2D eigenvalue weighted by Gasteiger charge is 2.21. The summed E-state index contributed by atoms with van der Waals surface area (Å²) in [6.45, 7) is 0.760. The summed E-state index contributed by atoms with van der Waals surface area (Å²) in [6.07, 6.45) is 1.51. The van der Waals surface area contributed by atoms with Crippen molar-refractivity contribution in [2.45, 2.75) is 12.8 Å². The molecule has 1 fully saturated rings. The van der Waals surface area contributed by atoms with E-state index >= 15 is 0 Å². The van der Waals surface area contributed by atoms with E-state index in [1.807, 2.05) is 12.1 Å². The van der Waals surface area contributed by atoms with Crippen molar-refractivity contribution < 1.29 is 9.59 Å². The number of carbonyl (C=O) groups excluding carboxylic acids is 2. The lowest BCUT2D eigenvalue weighted by Crippen LogP contribution is -2.23.